The van der Waals surface area contributed by atoms with Crippen LogP contribution in [0.5, 0.6) is 0 Å². The van der Waals surface area contributed by atoms with Gasteiger partial charge < -0.3 is 10.6 Å². The van der Waals surface area contributed by atoms with Crippen molar-refractivity contribution in [2.45, 2.75) is 25.8 Å². The number of hydrogen-bond donors (Lipinski definition) is 2. The average molecular weight is 325 g/mol. The third-order valence-corrected chi connectivity index (χ3v) is 3.65. The molecule has 0 aliphatic carbocycles. The van der Waals surface area contributed by atoms with Gasteiger partial charge in [0.05, 0.1) is 0 Å². The van der Waals surface area contributed by atoms with Crippen LogP contribution in [0.3, 0.4) is 0 Å². The van der Waals surface area contributed by atoms with Gasteiger partial charge in [0.2, 0.25) is 5.91 Å². The predicted molar refractivity (Wildman–Crippen MR) is 77.3 cm³/mol. The molecule has 0 unspecified atom stereocenters. The van der Waals surface area contributed by atoms with E-state index in [1.807, 2.05) is 6.92 Å². The Bertz CT molecular complexity index is 665. The fourth-order valence-corrected chi connectivity index (χ4v) is 2.31. The van der Waals surface area contributed by atoms with E-state index in [1.54, 1.807) is 0 Å². The summed E-state index contributed by atoms with van der Waals surface area (Å²) < 4.78 is 26.4. The maximum atomic E-state index is 13.4. The molecule has 1 atom stereocenters. The van der Waals surface area contributed by atoms with Crippen molar-refractivity contribution < 1.29 is 23.2 Å². The van der Waals surface area contributed by atoms with E-state index in [0.29, 0.717) is 6.54 Å². The number of halogens is 2. The van der Waals surface area contributed by atoms with Gasteiger partial charge in [-0.2, -0.15) is 0 Å². The minimum Gasteiger partial charge on any atom is -0.355 e. The molecule has 1 saturated heterocycles. The van der Waals surface area contributed by atoms with Crippen LogP contribution in [-0.2, 0) is 15.1 Å². The number of nitrogens with zero attached hydrogens (tertiary/aromatic N) is 1. The molecule has 1 aliphatic heterocycles. The number of carbonyl (C=O) groups excluding carboxylic acids is 3. The van der Waals surface area contributed by atoms with Gasteiger partial charge in [-0.3, -0.25) is 14.5 Å². The molecule has 2 N–H and O–H groups in total. The molecule has 0 radical (unpaired) electrons. The van der Waals surface area contributed by atoms with Gasteiger partial charge in [-0.15, -0.1) is 0 Å². The molecule has 0 aromatic heterocycles. The summed E-state index contributed by atoms with van der Waals surface area (Å²) >= 11 is 0. The van der Waals surface area contributed by atoms with E-state index in [-0.39, 0.29) is 5.56 Å². The molecule has 1 aromatic rings. The van der Waals surface area contributed by atoms with Gasteiger partial charge in [-0.25, -0.2) is 13.6 Å². The molecule has 1 aromatic carbocycles. The Morgan fingerprint density at radius 1 is 1.30 bits per heavy atom. The Morgan fingerprint density at radius 2 is 2.00 bits per heavy atom. The first-order valence-corrected chi connectivity index (χ1v) is 7.16. The molecule has 0 saturated carbocycles. The highest BCUT2D eigenvalue weighted by atomic mass is 19.2. The Hall–Kier alpha value is -2.51. The number of rotatable bonds is 5. The van der Waals surface area contributed by atoms with Gasteiger partial charge >= 0.3 is 6.03 Å². The van der Waals surface area contributed by atoms with Crippen LogP contribution in [0.4, 0.5) is 13.6 Å². The minimum absolute atomic E-state index is 0.103. The molecule has 1 fully saturated rings. The smallest absolute Gasteiger partial charge is 0.325 e. The summed E-state index contributed by atoms with van der Waals surface area (Å²) in [6, 6.07) is 2.20. The van der Waals surface area contributed by atoms with Gasteiger partial charge in [-0.1, -0.05) is 13.0 Å². The van der Waals surface area contributed by atoms with Gasteiger partial charge in [0.1, 0.15) is 12.1 Å². The predicted octanol–water partition coefficient (Wildman–Crippen LogP) is 1.26. The molecule has 2 rings (SSSR count). The Labute approximate surface area is 131 Å². The van der Waals surface area contributed by atoms with E-state index in [9.17, 15) is 23.2 Å². The highest BCUT2D eigenvalue weighted by Crippen LogP contribution is 2.29. The molecule has 1 aliphatic rings. The van der Waals surface area contributed by atoms with Crippen molar-refractivity contribution in [2.75, 3.05) is 13.1 Å². The molecule has 23 heavy (non-hydrogen) atoms. The van der Waals surface area contributed by atoms with Crippen LogP contribution in [0.1, 0.15) is 25.8 Å². The molecule has 0 bridgehead atoms. The molecule has 0 spiro atoms. The van der Waals surface area contributed by atoms with Gasteiger partial charge in [-0.05, 0) is 31.0 Å². The molecular weight excluding hydrogens is 308 g/mol. The highest BCUT2D eigenvalue weighted by molar-refractivity contribution is 6.09. The van der Waals surface area contributed by atoms with E-state index >= 15 is 0 Å². The third kappa shape index (κ3) is 3.15. The van der Waals surface area contributed by atoms with Gasteiger partial charge in [0.25, 0.3) is 5.91 Å². The number of carbonyl (C=O) groups is 3. The van der Waals surface area contributed by atoms with E-state index in [1.165, 1.54) is 13.0 Å². The Morgan fingerprint density at radius 3 is 2.61 bits per heavy atom. The van der Waals surface area contributed by atoms with Crippen molar-refractivity contribution in [1.82, 2.24) is 15.5 Å². The van der Waals surface area contributed by atoms with Crippen LogP contribution in [0.2, 0.25) is 0 Å². The lowest BCUT2D eigenvalue weighted by molar-refractivity contribution is -0.134. The second kappa shape index (κ2) is 6.31. The first-order valence-electron chi connectivity index (χ1n) is 7.16. The maximum absolute atomic E-state index is 13.4. The minimum atomic E-state index is -1.54. The van der Waals surface area contributed by atoms with E-state index in [2.05, 4.69) is 10.6 Å². The van der Waals surface area contributed by atoms with Crippen LogP contribution in [0.15, 0.2) is 18.2 Å². The summed E-state index contributed by atoms with van der Waals surface area (Å²) in [7, 11) is 0. The van der Waals surface area contributed by atoms with Crippen molar-refractivity contribution >= 4 is 17.8 Å². The largest absolute Gasteiger partial charge is 0.355 e. The quantitative estimate of drug-likeness (QED) is 0.800. The standard InChI is InChI=1S/C15H17F2N3O3/c1-3-6-18-12(21)8-20-13(22)15(2,19-14(20)23)9-4-5-10(16)11(17)7-9/h4-5,7H,3,6,8H2,1-2H3,(H,18,21)(H,19,23)/t15-/m0/s1. The lowest BCUT2D eigenvalue weighted by atomic mass is 9.92. The monoisotopic (exact) mass is 325 g/mol. The van der Waals surface area contributed by atoms with Crippen LogP contribution >= 0.6 is 0 Å². The lowest BCUT2D eigenvalue weighted by Crippen LogP contribution is -2.43. The van der Waals surface area contributed by atoms with Crippen molar-refractivity contribution in [2.24, 2.45) is 0 Å². The fourth-order valence-electron chi connectivity index (χ4n) is 2.31. The fraction of sp³-hybridized carbons (Fsp3) is 0.400. The zero-order valence-corrected chi connectivity index (χ0v) is 12.8. The lowest BCUT2D eigenvalue weighted by Gasteiger charge is -2.22. The first-order chi connectivity index (χ1) is 10.8. The topological polar surface area (TPSA) is 78.5 Å². The number of nitrogens with one attached hydrogen (secondary N) is 2. The summed E-state index contributed by atoms with van der Waals surface area (Å²) in [6.07, 6.45) is 0.721. The van der Waals surface area contributed by atoms with Crippen molar-refractivity contribution in [3.8, 4) is 0 Å². The Kier molecular flexibility index (Phi) is 4.63. The van der Waals surface area contributed by atoms with E-state index in [4.69, 9.17) is 0 Å². The average Bonchev–Trinajstić information content (AvgIpc) is 2.72. The highest BCUT2D eigenvalue weighted by Gasteiger charge is 2.49. The van der Waals surface area contributed by atoms with Crippen LogP contribution in [0, 0.1) is 11.6 Å². The van der Waals surface area contributed by atoms with Crippen molar-refractivity contribution in [3.05, 3.63) is 35.4 Å². The van der Waals surface area contributed by atoms with Crippen LogP contribution in [-0.4, -0.2) is 35.8 Å². The number of hydrogen-bond acceptors (Lipinski definition) is 3. The molecule has 124 valence electrons. The van der Waals surface area contributed by atoms with Crippen LogP contribution in [0.25, 0.3) is 0 Å². The molecule has 1 heterocycles. The molecular formula is C15H17F2N3O3. The second-order valence-electron chi connectivity index (χ2n) is 5.43. The number of amides is 4. The van der Waals surface area contributed by atoms with E-state index < -0.39 is 41.6 Å². The number of urea groups is 1. The summed E-state index contributed by atoms with van der Waals surface area (Å²) in [5.41, 5.74) is -1.44. The summed E-state index contributed by atoms with van der Waals surface area (Å²) in [5, 5.41) is 4.98. The normalized spacial score (nSPS) is 20.6. The second-order valence-corrected chi connectivity index (χ2v) is 5.43. The molecule has 4 amide bonds. The zero-order valence-electron chi connectivity index (χ0n) is 12.8. The number of benzene rings is 1. The Balaban J connectivity index is 2.22. The number of imide groups is 1. The van der Waals surface area contributed by atoms with E-state index in [0.717, 1.165) is 23.5 Å². The maximum Gasteiger partial charge on any atom is 0.325 e. The first kappa shape index (κ1) is 16.9. The summed E-state index contributed by atoms with van der Waals surface area (Å²) in [6.45, 7) is 3.25. The summed E-state index contributed by atoms with van der Waals surface area (Å²) in [5.74, 6) is -3.33. The van der Waals surface area contributed by atoms with Crippen molar-refractivity contribution in [3.63, 3.8) is 0 Å². The third-order valence-electron chi connectivity index (χ3n) is 3.65. The van der Waals surface area contributed by atoms with Gasteiger partial charge in [0.15, 0.2) is 11.6 Å². The summed E-state index contributed by atoms with van der Waals surface area (Å²) in [4.78, 5) is 36.9. The van der Waals surface area contributed by atoms with Crippen molar-refractivity contribution in [1.29, 1.82) is 0 Å². The van der Waals surface area contributed by atoms with Crippen LogP contribution < -0.4 is 10.6 Å². The zero-order chi connectivity index (χ0) is 17.2. The van der Waals surface area contributed by atoms with Gasteiger partial charge in [0, 0.05) is 6.54 Å². The molecule has 8 heteroatoms. The molecule has 6 nitrogen and oxygen atoms in total. The SMILES string of the molecule is CCCNC(=O)CN1C(=O)N[C@@](C)(c2ccc(F)c(F)c2)C1=O.